The van der Waals surface area contributed by atoms with Gasteiger partial charge in [0.25, 0.3) is 0 Å². The minimum absolute atomic E-state index is 0.193. The molecule has 0 spiro atoms. The largest absolute Gasteiger partial charge is 0.494 e. The third kappa shape index (κ3) is 6.54. The van der Waals surface area contributed by atoms with E-state index < -0.39 is 0 Å². The Morgan fingerprint density at radius 2 is 1.75 bits per heavy atom. The molecule has 36 heavy (non-hydrogen) atoms. The lowest BCUT2D eigenvalue weighted by atomic mass is 10.2. The molecule has 1 saturated carbocycles. The van der Waals surface area contributed by atoms with Gasteiger partial charge in [0.2, 0.25) is 11.9 Å². The van der Waals surface area contributed by atoms with Gasteiger partial charge in [0.1, 0.15) is 10.8 Å². The smallest absolute Gasteiger partial charge is 0.319 e. The van der Waals surface area contributed by atoms with Gasteiger partial charge in [-0.05, 0) is 37.1 Å². The number of nitrogens with one attached hydrogen (secondary N) is 5. The van der Waals surface area contributed by atoms with Crippen molar-refractivity contribution in [3.63, 3.8) is 0 Å². The van der Waals surface area contributed by atoms with Gasteiger partial charge in [-0.15, -0.1) is 0 Å². The summed E-state index contributed by atoms with van der Waals surface area (Å²) in [5, 5.41) is 15.2. The van der Waals surface area contributed by atoms with E-state index in [1.165, 1.54) is 20.2 Å². The fraction of sp³-hybridized carbons (Fsp3) is 0.280. The SMILES string of the molecule is COc1cc(NC(=O)NC2CCCC2)ccc1Nc1ncc(Cl)c(Nc2ccccc2NC(C)=O)n1. The quantitative estimate of drug-likeness (QED) is 0.265. The number of carbonyl (C=O) groups is 2. The molecular weight excluding hydrogens is 482 g/mol. The summed E-state index contributed by atoms with van der Waals surface area (Å²) in [5.41, 5.74) is 2.42. The third-order valence-corrected chi connectivity index (χ3v) is 5.91. The van der Waals surface area contributed by atoms with Crippen molar-refractivity contribution in [3.8, 4) is 5.75 Å². The van der Waals surface area contributed by atoms with Crippen molar-refractivity contribution < 1.29 is 14.3 Å². The zero-order chi connectivity index (χ0) is 25.5. The second kappa shape index (κ2) is 11.6. The molecule has 1 heterocycles. The normalized spacial score (nSPS) is 13.1. The molecule has 3 amide bonds. The maximum absolute atomic E-state index is 12.3. The van der Waals surface area contributed by atoms with Gasteiger partial charge >= 0.3 is 6.03 Å². The van der Waals surface area contributed by atoms with Gasteiger partial charge in [-0.2, -0.15) is 4.98 Å². The first-order chi connectivity index (χ1) is 17.4. The number of aromatic nitrogens is 2. The summed E-state index contributed by atoms with van der Waals surface area (Å²) in [7, 11) is 1.54. The predicted octanol–water partition coefficient (Wildman–Crippen LogP) is 5.65. The van der Waals surface area contributed by atoms with Gasteiger partial charge in [-0.3, -0.25) is 4.79 Å². The average Bonchev–Trinajstić information content (AvgIpc) is 3.36. The molecule has 2 aromatic carbocycles. The van der Waals surface area contributed by atoms with E-state index in [4.69, 9.17) is 16.3 Å². The Hall–Kier alpha value is -4.05. The van der Waals surface area contributed by atoms with Crippen molar-refractivity contribution in [1.29, 1.82) is 0 Å². The molecule has 0 aliphatic heterocycles. The van der Waals surface area contributed by atoms with Crippen molar-refractivity contribution in [2.75, 3.05) is 28.4 Å². The number of halogens is 1. The van der Waals surface area contributed by atoms with Crippen molar-refractivity contribution >= 4 is 58.1 Å². The van der Waals surface area contributed by atoms with E-state index >= 15 is 0 Å². The fourth-order valence-corrected chi connectivity index (χ4v) is 4.09. The highest BCUT2D eigenvalue weighted by atomic mass is 35.5. The number of hydrogen-bond donors (Lipinski definition) is 5. The molecular formula is C25H28ClN7O3. The Kier molecular flexibility index (Phi) is 8.06. The van der Waals surface area contributed by atoms with Crippen LogP contribution in [0.5, 0.6) is 5.75 Å². The Morgan fingerprint density at radius 3 is 2.47 bits per heavy atom. The van der Waals surface area contributed by atoms with E-state index in [1.807, 2.05) is 12.1 Å². The first-order valence-electron chi connectivity index (χ1n) is 11.6. The Labute approximate surface area is 214 Å². The van der Waals surface area contributed by atoms with Gasteiger partial charge in [-0.1, -0.05) is 36.6 Å². The molecule has 188 valence electrons. The summed E-state index contributed by atoms with van der Waals surface area (Å²) in [6, 6.07) is 12.4. The number of hydrogen-bond acceptors (Lipinski definition) is 7. The molecule has 0 saturated heterocycles. The van der Waals surface area contributed by atoms with Crippen molar-refractivity contribution in [3.05, 3.63) is 53.7 Å². The molecule has 1 fully saturated rings. The van der Waals surface area contributed by atoms with E-state index in [-0.39, 0.29) is 23.9 Å². The molecule has 4 rings (SSSR count). The monoisotopic (exact) mass is 509 g/mol. The van der Waals surface area contributed by atoms with Gasteiger partial charge in [-0.25, -0.2) is 9.78 Å². The topological polar surface area (TPSA) is 129 Å². The van der Waals surface area contributed by atoms with Crippen LogP contribution in [-0.4, -0.2) is 35.1 Å². The summed E-state index contributed by atoms with van der Waals surface area (Å²) in [6.07, 6.45) is 5.78. The van der Waals surface area contributed by atoms with Crippen LogP contribution in [0.15, 0.2) is 48.7 Å². The number of urea groups is 1. The van der Waals surface area contributed by atoms with E-state index in [0.29, 0.717) is 39.3 Å². The molecule has 0 radical (unpaired) electrons. The maximum atomic E-state index is 12.3. The third-order valence-electron chi connectivity index (χ3n) is 5.63. The summed E-state index contributed by atoms with van der Waals surface area (Å²) in [4.78, 5) is 32.6. The Bertz CT molecular complexity index is 1250. The number of benzene rings is 2. The first-order valence-corrected chi connectivity index (χ1v) is 12.0. The van der Waals surface area contributed by atoms with Crippen LogP contribution in [-0.2, 0) is 4.79 Å². The standard InChI is InChI=1S/C25H28ClN7O3/c1-15(34)28-19-9-5-6-10-20(19)31-23-18(26)14-27-24(33-23)32-21-12-11-17(13-22(21)36-2)30-25(35)29-16-7-3-4-8-16/h5-6,9-14,16H,3-4,7-8H2,1-2H3,(H,28,34)(H2,29,30,35)(H2,27,31,32,33). The Morgan fingerprint density at radius 1 is 1.00 bits per heavy atom. The molecule has 10 nitrogen and oxygen atoms in total. The molecule has 1 aromatic heterocycles. The van der Waals surface area contributed by atoms with Crippen molar-refractivity contribution in [2.24, 2.45) is 0 Å². The van der Waals surface area contributed by atoms with Gasteiger partial charge < -0.3 is 31.3 Å². The molecule has 0 bridgehead atoms. The number of carbonyl (C=O) groups excluding carboxylic acids is 2. The van der Waals surface area contributed by atoms with Crippen LogP contribution in [0.1, 0.15) is 32.6 Å². The summed E-state index contributed by atoms with van der Waals surface area (Å²) < 4.78 is 5.50. The molecule has 0 unspecified atom stereocenters. The van der Waals surface area contributed by atoms with E-state index in [2.05, 4.69) is 36.6 Å². The van der Waals surface area contributed by atoms with E-state index in [0.717, 1.165) is 25.7 Å². The maximum Gasteiger partial charge on any atom is 0.319 e. The number of rotatable bonds is 8. The fourth-order valence-electron chi connectivity index (χ4n) is 3.95. The van der Waals surface area contributed by atoms with Crippen LogP contribution in [0.3, 0.4) is 0 Å². The van der Waals surface area contributed by atoms with Crippen LogP contribution < -0.4 is 31.3 Å². The molecule has 0 atom stereocenters. The van der Waals surface area contributed by atoms with Crippen molar-refractivity contribution in [1.82, 2.24) is 15.3 Å². The second-order valence-corrected chi connectivity index (χ2v) is 8.77. The summed E-state index contributed by atoms with van der Waals surface area (Å²) in [5.74, 6) is 0.934. The lowest BCUT2D eigenvalue weighted by Gasteiger charge is -2.16. The number of para-hydroxylation sites is 2. The summed E-state index contributed by atoms with van der Waals surface area (Å²) in [6.45, 7) is 1.44. The minimum atomic E-state index is -0.235. The average molecular weight is 510 g/mol. The molecule has 5 N–H and O–H groups in total. The number of amides is 3. The van der Waals surface area contributed by atoms with Gasteiger partial charge in [0.15, 0.2) is 5.82 Å². The van der Waals surface area contributed by atoms with Crippen LogP contribution >= 0.6 is 11.6 Å². The lowest BCUT2D eigenvalue weighted by molar-refractivity contribution is -0.114. The first kappa shape index (κ1) is 25.1. The van der Waals surface area contributed by atoms with Crippen LogP contribution in [0.2, 0.25) is 5.02 Å². The predicted molar refractivity (Wildman–Crippen MR) is 142 cm³/mol. The van der Waals surface area contributed by atoms with Gasteiger partial charge in [0.05, 0.1) is 30.4 Å². The molecule has 11 heteroatoms. The molecule has 3 aromatic rings. The second-order valence-electron chi connectivity index (χ2n) is 8.36. The Balaban J connectivity index is 1.48. The molecule has 1 aliphatic carbocycles. The number of methoxy groups -OCH3 is 1. The highest BCUT2D eigenvalue weighted by molar-refractivity contribution is 6.33. The zero-order valence-electron chi connectivity index (χ0n) is 20.0. The minimum Gasteiger partial charge on any atom is -0.494 e. The van der Waals surface area contributed by atoms with Gasteiger partial charge in [0, 0.05) is 24.7 Å². The van der Waals surface area contributed by atoms with Crippen LogP contribution in [0.4, 0.5) is 39.3 Å². The van der Waals surface area contributed by atoms with Crippen molar-refractivity contribution in [2.45, 2.75) is 38.6 Å². The number of ether oxygens (including phenoxy) is 1. The van der Waals surface area contributed by atoms with E-state index in [9.17, 15) is 9.59 Å². The highest BCUT2D eigenvalue weighted by Gasteiger charge is 2.17. The number of anilines is 6. The highest BCUT2D eigenvalue weighted by Crippen LogP contribution is 2.32. The van der Waals surface area contributed by atoms with Crippen LogP contribution in [0.25, 0.3) is 0 Å². The lowest BCUT2D eigenvalue weighted by Crippen LogP contribution is -2.36. The molecule has 1 aliphatic rings. The van der Waals surface area contributed by atoms with E-state index in [1.54, 1.807) is 30.3 Å². The van der Waals surface area contributed by atoms with Crippen LogP contribution in [0, 0.1) is 0 Å². The number of nitrogens with zero attached hydrogens (tertiary/aromatic N) is 2. The zero-order valence-corrected chi connectivity index (χ0v) is 20.8. The summed E-state index contributed by atoms with van der Waals surface area (Å²) >= 11 is 6.32.